The summed E-state index contributed by atoms with van der Waals surface area (Å²) in [5.74, 6) is 0.497. The van der Waals surface area contributed by atoms with Crippen LogP contribution in [0.2, 0.25) is 0 Å². The average molecular weight is 383 g/mol. The first-order chi connectivity index (χ1) is 13.1. The third kappa shape index (κ3) is 3.88. The topological polar surface area (TPSA) is 59.2 Å². The van der Waals surface area contributed by atoms with E-state index in [4.69, 9.17) is 4.52 Å². The van der Waals surface area contributed by atoms with Crippen molar-refractivity contribution in [3.05, 3.63) is 65.8 Å². The van der Waals surface area contributed by atoms with E-state index in [0.717, 1.165) is 5.56 Å². The fraction of sp³-hybridized carbons (Fsp3) is 0.250. The summed E-state index contributed by atoms with van der Waals surface area (Å²) < 4.78 is 18.4. The zero-order chi connectivity index (χ0) is 18.8. The lowest BCUT2D eigenvalue weighted by molar-refractivity contribution is -0.128. The van der Waals surface area contributed by atoms with Gasteiger partial charge in [0.1, 0.15) is 5.82 Å². The quantitative estimate of drug-likeness (QED) is 0.621. The van der Waals surface area contributed by atoms with E-state index in [9.17, 15) is 9.18 Å². The molecule has 1 saturated heterocycles. The predicted octanol–water partition coefficient (Wildman–Crippen LogP) is 4.11. The minimum absolute atomic E-state index is 0.0791. The van der Waals surface area contributed by atoms with Crippen LogP contribution in [0.25, 0.3) is 11.4 Å². The molecule has 1 amide bonds. The summed E-state index contributed by atoms with van der Waals surface area (Å²) in [6.07, 6.45) is 2.39. The normalized spacial score (nSPS) is 16.9. The van der Waals surface area contributed by atoms with Gasteiger partial charge in [-0.1, -0.05) is 17.3 Å². The number of nitrogens with zero attached hydrogens (tertiary/aromatic N) is 3. The van der Waals surface area contributed by atoms with Crippen LogP contribution in [0.4, 0.5) is 4.39 Å². The van der Waals surface area contributed by atoms with Crippen LogP contribution in [0.1, 0.15) is 23.8 Å². The summed E-state index contributed by atoms with van der Waals surface area (Å²) in [6.45, 7) is 1.12. The van der Waals surface area contributed by atoms with Crippen molar-refractivity contribution in [3.8, 4) is 11.4 Å². The summed E-state index contributed by atoms with van der Waals surface area (Å²) in [5, 5.41) is 3.97. The van der Waals surface area contributed by atoms with Crippen LogP contribution in [-0.4, -0.2) is 33.7 Å². The van der Waals surface area contributed by atoms with Gasteiger partial charge in [-0.3, -0.25) is 4.79 Å². The molecule has 3 aromatic rings. The Labute approximate surface area is 160 Å². The second kappa shape index (κ2) is 7.52. The fourth-order valence-electron chi connectivity index (χ4n) is 3.16. The van der Waals surface area contributed by atoms with Gasteiger partial charge in [-0.15, -0.1) is 11.8 Å². The summed E-state index contributed by atoms with van der Waals surface area (Å²) in [6, 6.07) is 14.1. The van der Waals surface area contributed by atoms with Crippen molar-refractivity contribution >= 4 is 17.7 Å². The van der Waals surface area contributed by atoms with E-state index in [-0.39, 0.29) is 17.6 Å². The minimum atomic E-state index is -0.315. The number of halogens is 1. The molecule has 138 valence electrons. The van der Waals surface area contributed by atoms with Crippen molar-refractivity contribution in [2.45, 2.75) is 23.8 Å². The van der Waals surface area contributed by atoms with Gasteiger partial charge in [0.05, 0.1) is 5.92 Å². The monoisotopic (exact) mass is 383 g/mol. The van der Waals surface area contributed by atoms with Crippen molar-refractivity contribution in [1.29, 1.82) is 0 Å². The fourth-order valence-corrected chi connectivity index (χ4v) is 3.57. The Bertz CT molecular complexity index is 941. The standard InChI is InChI=1S/C20H18FN3O2S/c1-27-17-8-2-13(3-9-17)11-24-12-15(10-18(24)25)20-22-19(23-26-20)14-4-6-16(21)7-5-14/h2-9,15H,10-12H2,1H3. The van der Waals surface area contributed by atoms with Crippen molar-refractivity contribution in [1.82, 2.24) is 15.0 Å². The second-order valence-corrected chi connectivity index (χ2v) is 7.37. The third-order valence-electron chi connectivity index (χ3n) is 4.64. The number of carbonyl (C=O) groups is 1. The van der Waals surface area contributed by atoms with Gasteiger partial charge in [-0.05, 0) is 48.2 Å². The number of likely N-dealkylation sites (tertiary alicyclic amines) is 1. The molecule has 0 spiro atoms. The Balaban J connectivity index is 1.45. The van der Waals surface area contributed by atoms with Crippen molar-refractivity contribution < 1.29 is 13.7 Å². The van der Waals surface area contributed by atoms with Gasteiger partial charge in [0, 0.05) is 30.0 Å². The predicted molar refractivity (Wildman–Crippen MR) is 101 cm³/mol. The van der Waals surface area contributed by atoms with Crippen molar-refractivity contribution in [2.24, 2.45) is 0 Å². The molecule has 1 fully saturated rings. The van der Waals surface area contributed by atoms with E-state index >= 15 is 0 Å². The van der Waals surface area contributed by atoms with Crippen molar-refractivity contribution in [3.63, 3.8) is 0 Å². The van der Waals surface area contributed by atoms with Gasteiger partial charge in [-0.2, -0.15) is 4.98 Å². The summed E-state index contributed by atoms with van der Waals surface area (Å²) in [5.41, 5.74) is 1.78. The van der Waals surface area contributed by atoms with Crippen LogP contribution in [0, 0.1) is 5.82 Å². The lowest BCUT2D eigenvalue weighted by Crippen LogP contribution is -2.24. The molecule has 1 aliphatic rings. The molecule has 4 rings (SSSR count). The Morgan fingerprint density at radius 2 is 1.93 bits per heavy atom. The van der Waals surface area contributed by atoms with E-state index < -0.39 is 0 Å². The average Bonchev–Trinajstić information content (AvgIpc) is 3.30. The largest absolute Gasteiger partial charge is 0.339 e. The first-order valence-electron chi connectivity index (χ1n) is 8.62. The zero-order valence-electron chi connectivity index (χ0n) is 14.8. The molecule has 1 aromatic heterocycles. The molecule has 2 heterocycles. The number of benzene rings is 2. The molecule has 0 saturated carbocycles. The summed E-state index contributed by atoms with van der Waals surface area (Å²) in [4.78, 5) is 19.8. The molecule has 1 unspecified atom stereocenters. The molecule has 0 bridgehead atoms. The van der Waals surface area contributed by atoms with Crippen LogP contribution >= 0.6 is 11.8 Å². The smallest absolute Gasteiger partial charge is 0.232 e. The molecule has 0 N–H and O–H groups in total. The third-order valence-corrected chi connectivity index (χ3v) is 5.38. The molecule has 1 atom stereocenters. The first kappa shape index (κ1) is 17.7. The molecular weight excluding hydrogens is 365 g/mol. The maximum atomic E-state index is 13.1. The van der Waals surface area contributed by atoms with Gasteiger partial charge >= 0.3 is 0 Å². The number of carbonyl (C=O) groups excluding carboxylic acids is 1. The summed E-state index contributed by atoms with van der Waals surface area (Å²) in [7, 11) is 0. The molecule has 5 nitrogen and oxygen atoms in total. The van der Waals surface area contributed by atoms with Crippen LogP contribution in [0.5, 0.6) is 0 Å². The highest BCUT2D eigenvalue weighted by Gasteiger charge is 2.34. The number of hydrogen-bond acceptors (Lipinski definition) is 5. The lowest BCUT2D eigenvalue weighted by Gasteiger charge is -2.16. The van der Waals surface area contributed by atoms with Crippen LogP contribution in [-0.2, 0) is 11.3 Å². The Hall–Kier alpha value is -2.67. The molecule has 7 heteroatoms. The molecular formula is C20H18FN3O2S. The van der Waals surface area contributed by atoms with E-state index in [2.05, 4.69) is 22.3 Å². The SMILES string of the molecule is CSc1ccc(CN2CC(c3nc(-c4ccc(F)cc4)no3)CC2=O)cc1. The van der Waals surface area contributed by atoms with E-state index in [0.29, 0.717) is 36.8 Å². The lowest BCUT2D eigenvalue weighted by atomic mass is 10.1. The van der Waals surface area contributed by atoms with Crippen LogP contribution in [0.15, 0.2) is 57.9 Å². The highest BCUT2D eigenvalue weighted by Crippen LogP contribution is 2.30. The van der Waals surface area contributed by atoms with Gasteiger partial charge < -0.3 is 9.42 Å². The van der Waals surface area contributed by atoms with Gasteiger partial charge in [-0.25, -0.2) is 4.39 Å². The number of hydrogen-bond donors (Lipinski definition) is 0. The molecule has 0 radical (unpaired) electrons. The summed E-state index contributed by atoms with van der Waals surface area (Å²) >= 11 is 1.69. The molecule has 27 heavy (non-hydrogen) atoms. The number of rotatable bonds is 5. The maximum Gasteiger partial charge on any atom is 0.232 e. The molecule has 2 aromatic carbocycles. The minimum Gasteiger partial charge on any atom is -0.339 e. The van der Waals surface area contributed by atoms with Gasteiger partial charge in [0.25, 0.3) is 0 Å². The highest BCUT2D eigenvalue weighted by atomic mass is 32.2. The van der Waals surface area contributed by atoms with E-state index in [1.807, 2.05) is 23.3 Å². The zero-order valence-corrected chi connectivity index (χ0v) is 15.6. The first-order valence-corrected chi connectivity index (χ1v) is 9.85. The molecule has 0 aliphatic carbocycles. The molecule has 1 aliphatic heterocycles. The van der Waals surface area contributed by atoms with Crippen LogP contribution < -0.4 is 0 Å². The van der Waals surface area contributed by atoms with Gasteiger partial charge in [0.2, 0.25) is 17.6 Å². The number of amides is 1. The maximum absolute atomic E-state index is 13.1. The second-order valence-electron chi connectivity index (χ2n) is 6.49. The number of aromatic nitrogens is 2. The number of thioether (sulfide) groups is 1. The Morgan fingerprint density at radius 1 is 1.19 bits per heavy atom. The highest BCUT2D eigenvalue weighted by molar-refractivity contribution is 7.98. The van der Waals surface area contributed by atoms with E-state index in [1.165, 1.54) is 17.0 Å². The van der Waals surface area contributed by atoms with Crippen molar-refractivity contribution in [2.75, 3.05) is 12.8 Å². The van der Waals surface area contributed by atoms with E-state index in [1.54, 1.807) is 23.9 Å². The Kier molecular flexibility index (Phi) is 4.94. The van der Waals surface area contributed by atoms with Crippen LogP contribution in [0.3, 0.4) is 0 Å². The Morgan fingerprint density at radius 3 is 2.63 bits per heavy atom. The van der Waals surface area contributed by atoms with Gasteiger partial charge in [0.15, 0.2) is 0 Å².